The number of fused-ring (bicyclic) bond motifs is 1. The van der Waals surface area contributed by atoms with Crippen molar-refractivity contribution < 1.29 is 57.5 Å². The molecule has 3 unspecified atom stereocenters. The second-order valence-electron chi connectivity index (χ2n) is 25.6. The molecule has 0 bridgehead atoms. The number of rotatable bonds is 24. The molecule has 0 saturated heterocycles. The standard InChI is InChI=1S/C66H105N11O12.CH5N/c1-12-13-27-47(60(86)74-46(8)59(68)85)37-69-43(5)55(81)56(82)44(6)75-62(88)65(10)33-26-22-20-18-16-14-15-17-19-21-25-32-64(9,72-36-42(4)78)53(79)40-73-66(11,35-49-39-70-51-29-24-23-28-50(49)51)63(89)76-45(7)57(83)58(84)52(30-31-54(67)80)71-38-48(34-41(2)3)61(87)77-65;1-2/h18,20,23-24,28-29,39,41,43-48,52,69-73H,12-17,19,21-22,25-27,30-38,40H2,1-11H3,(H2,67,80)(H2,68,85)(H,74,86)(H,75,88)(H,76,89)(H,77,87);2H2,1H3/b20-18+;/t43?,44?,45?,46-,47+,48+,52-,64+,65-,66-;/m0./s1. The Bertz CT molecular complexity index is 2800. The molecule has 24 nitrogen and oxygen atoms in total. The van der Waals surface area contributed by atoms with E-state index in [0.29, 0.717) is 38.5 Å². The van der Waals surface area contributed by atoms with Gasteiger partial charge >= 0.3 is 0 Å². The zero-order valence-electron chi connectivity index (χ0n) is 56.3. The Morgan fingerprint density at radius 3 is 2.02 bits per heavy atom. The molecule has 0 radical (unpaired) electrons. The summed E-state index contributed by atoms with van der Waals surface area (Å²) in [7, 11) is 1.50. The molecule has 510 valence electrons. The highest BCUT2D eigenvalue weighted by Crippen LogP contribution is 2.26. The molecule has 91 heavy (non-hydrogen) atoms. The van der Waals surface area contributed by atoms with Crippen molar-refractivity contribution in [1.82, 2.24) is 47.5 Å². The first-order valence-electron chi connectivity index (χ1n) is 32.6. The van der Waals surface area contributed by atoms with Crippen LogP contribution in [0.5, 0.6) is 0 Å². The third-order valence-electron chi connectivity index (χ3n) is 16.9. The predicted octanol–water partition coefficient (Wildman–Crippen LogP) is 3.82. The van der Waals surface area contributed by atoms with Crippen molar-refractivity contribution in [2.24, 2.45) is 35.0 Å². The van der Waals surface area contributed by atoms with E-state index in [1.54, 1.807) is 20.0 Å². The number of nitrogens with one attached hydrogen (secondary N) is 9. The molecule has 24 heteroatoms. The Balaban J connectivity index is 0.0000140. The molecule has 3 rings (SSSR count). The predicted molar refractivity (Wildman–Crippen MR) is 353 cm³/mol. The van der Waals surface area contributed by atoms with Gasteiger partial charge in [0.15, 0.2) is 5.78 Å². The molecule has 6 amide bonds. The molecule has 0 spiro atoms. The van der Waals surface area contributed by atoms with Gasteiger partial charge in [0.05, 0.1) is 60.2 Å². The van der Waals surface area contributed by atoms with Gasteiger partial charge in [0, 0.05) is 43.0 Å². The summed E-state index contributed by atoms with van der Waals surface area (Å²) < 4.78 is 0. The number of unbranched alkanes of at least 4 members (excludes halogenated alkanes) is 1. The van der Waals surface area contributed by atoms with Crippen LogP contribution in [0.1, 0.15) is 191 Å². The lowest BCUT2D eigenvalue weighted by Crippen LogP contribution is -2.62. The van der Waals surface area contributed by atoms with Crippen molar-refractivity contribution in [3.8, 4) is 0 Å². The Hall–Kier alpha value is -6.86. The number of H-pyrrole nitrogens is 1. The van der Waals surface area contributed by atoms with Crippen molar-refractivity contribution in [2.45, 2.75) is 239 Å². The maximum Gasteiger partial charge on any atom is 0.246 e. The summed E-state index contributed by atoms with van der Waals surface area (Å²) in [4.78, 5) is 167. The van der Waals surface area contributed by atoms with Crippen LogP contribution >= 0.6 is 0 Å². The van der Waals surface area contributed by atoms with Gasteiger partial charge in [-0.3, -0.25) is 68.2 Å². The van der Waals surface area contributed by atoms with E-state index < -0.39 is 117 Å². The third kappa shape index (κ3) is 27.1. The van der Waals surface area contributed by atoms with E-state index in [9.17, 15) is 57.5 Å². The van der Waals surface area contributed by atoms with Crippen LogP contribution < -0.4 is 59.7 Å². The van der Waals surface area contributed by atoms with Crippen molar-refractivity contribution in [2.75, 3.05) is 33.2 Å². The molecule has 1 aromatic carbocycles. The topological polar surface area (TPSA) is 395 Å². The minimum Gasteiger partial charge on any atom is -0.370 e. The largest absolute Gasteiger partial charge is 0.370 e. The number of nitrogens with two attached hydrogens (primary N) is 3. The first-order valence-corrected chi connectivity index (χ1v) is 32.6. The molecule has 1 aliphatic heterocycles. The summed E-state index contributed by atoms with van der Waals surface area (Å²) in [6, 6.07) is 1.38. The molecule has 2 aromatic rings. The van der Waals surface area contributed by atoms with Crippen LogP contribution in [0.3, 0.4) is 0 Å². The lowest BCUT2D eigenvalue weighted by atomic mass is 9.87. The van der Waals surface area contributed by atoms with Crippen LogP contribution in [-0.2, 0) is 64.0 Å². The van der Waals surface area contributed by atoms with E-state index in [-0.39, 0.29) is 75.8 Å². The first-order chi connectivity index (χ1) is 42.9. The van der Waals surface area contributed by atoms with Gasteiger partial charge in [-0.1, -0.05) is 96.1 Å². The summed E-state index contributed by atoms with van der Waals surface area (Å²) in [5.74, 6) is -9.84. The monoisotopic (exact) mass is 1270 g/mol. The first kappa shape index (κ1) is 80.2. The number of benzene rings is 1. The minimum atomic E-state index is -1.65. The van der Waals surface area contributed by atoms with Gasteiger partial charge in [0.25, 0.3) is 0 Å². The SMILES string of the molecule is CCCC[C@H](CNC(C)C(=O)C(=O)C(C)NC(=O)[C@]1(C)CCC/C=C/CCCCCCCC[C@@](C)(NCC(C)=O)C(=O)CN[C@@](C)(Cc2c[nH]c3ccccc23)C(=O)NC(C)C(=O)C(=O)[C@H](CCC(N)=O)NC[C@@H](CC(C)C)C(=O)N1)C(=O)N[C@@H](C)C(N)=O.CN. The number of aromatic amines is 1. The number of aromatic nitrogens is 1. The Kier molecular flexibility index (Phi) is 35.4. The van der Waals surface area contributed by atoms with Crippen LogP contribution in [0, 0.1) is 17.8 Å². The summed E-state index contributed by atoms with van der Waals surface area (Å²) >= 11 is 0. The lowest BCUT2D eigenvalue weighted by molar-refractivity contribution is -0.141. The number of hydrogen-bond acceptors (Lipinski definition) is 17. The summed E-state index contributed by atoms with van der Waals surface area (Å²) in [6.07, 6.45) is 15.0. The molecule has 10 atom stereocenters. The number of allylic oxidation sites excluding steroid dienone is 2. The van der Waals surface area contributed by atoms with Crippen molar-refractivity contribution in [3.05, 3.63) is 48.2 Å². The summed E-state index contributed by atoms with van der Waals surface area (Å²) in [5, 5.41) is 24.2. The summed E-state index contributed by atoms with van der Waals surface area (Å²) in [6.45, 7) is 17.2. The third-order valence-corrected chi connectivity index (χ3v) is 16.9. The number of primary amides is 2. The highest BCUT2D eigenvalue weighted by Gasteiger charge is 2.42. The molecule has 1 aliphatic rings. The van der Waals surface area contributed by atoms with Gasteiger partial charge in [-0.15, -0.1) is 0 Å². The molecule has 1 aromatic heterocycles. The highest BCUT2D eigenvalue weighted by atomic mass is 16.2. The van der Waals surface area contributed by atoms with Gasteiger partial charge in [-0.05, 0) is 138 Å². The van der Waals surface area contributed by atoms with Crippen LogP contribution in [-0.4, -0.2) is 155 Å². The molecule has 2 heterocycles. The van der Waals surface area contributed by atoms with Crippen LogP contribution in [0.2, 0.25) is 0 Å². The lowest BCUT2D eigenvalue weighted by Gasteiger charge is -2.34. The average molecular weight is 1280 g/mol. The van der Waals surface area contributed by atoms with E-state index in [2.05, 4.69) is 59.3 Å². The molecule has 0 aliphatic carbocycles. The van der Waals surface area contributed by atoms with Gasteiger partial charge in [0.2, 0.25) is 58.6 Å². The number of carbonyl (C=O) groups excluding carboxylic acids is 12. The number of para-hydroxylation sites is 1. The van der Waals surface area contributed by atoms with Crippen LogP contribution in [0.15, 0.2) is 42.6 Å². The summed E-state index contributed by atoms with van der Waals surface area (Å²) in [5.41, 5.74) is 12.6. The van der Waals surface area contributed by atoms with Crippen LogP contribution in [0.4, 0.5) is 0 Å². The number of carbonyl (C=O) groups is 12. The average Bonchev–Trinajstić information content (AvgIpc) is 1.96. The zero-order valence-corrected chi connectivity index (χ0v) is 56.3. The van der Waals surface area contributed by atoms with Crippen molar-refractivity contribution in [1.29, 1.82) is 0 Å². The van der Waals surface area contributed by atoms with E-state index in [0.717, 1.165) is 61.4 Å². The number of hydrogen-bond donors (Lipinski definition) is 12. The highest BCUT2D eigenvalue weighted by molar-refractivity contribution is 6.41. The fraction of sp³-hybridized carbons (Fsp3) is 0.672. The van der Waals surface area contributed by atoms with E-state index >= 15 is 0 Å². The molecule has 0 saturated carbocycles. The smallest absolute Gasteiger partial charge is 0.246 e. The fourth-order valence-corrected chi connectivity index (χ4v) is 10.9. The fourth-order valence-electron chi connectivity index (χ4n) is 10.9. The molecule has 15 N–H and O–H groups in total. The van der Waals surface area contributed by atoms with Gasteiger partial charge in [-0.25, -0.2) is 0 Å². The van der Waals surface area contributed by atoms with Gasteiger partial charge < -0.3 is 54.1 Å². The minimum absolute atomic E-state index is 0.0100. The quantitative estimate of drug-likeness (QED) is 0.0525. The number of ketones is 6. The molecular formula is C67H110N12O12. The van der Waals surface area contributed by atoms with Gasteiger partial charge in [0.1, 0.15) is 17.4 Å². The van der Waals surface area contributed by atoms with Crippen LogP contribution in [0.25, 0.3) is 10.9 Å². The van der Waals surface area contributed by atoms with E-state index in [1.807, 2.05) is 51.1 Å². The maximum absolute atomic E-state index is 14.7. The van der Waals surface area contributed by atoms with Crippen molar-refractivity contribution in [3.63, 3.8) is 0 Å². The Morgan fingerprint density at radius 2 is 1.40 bits per heavy atom. The maximum atomic E-state index is 14.7. The zero-order chi connectivity index (χ0) is 68.6. The second-order valence-corrected chi connectivity index (χ2v) is 25.6. The van der Waals surface area contributed by atoms with Crippen molar-refractivity contribution >= 4 is 81.0 Å². The molecular weight excluding hydrogens is 1160 g/mol. The molecule has 0 fully saturated rings. The van der Waals surface area contributed by atoms with Gasteiger partial charge in [-0.2, -0.15) is 0 Å². The number of Topliss-reactive ketones (excluding diaryl/α,β-unsaturated/α-hetero) is 6. The Labute approximate surface area is 539 Å². The van der Waals surface area contributed by atoms with E-state index in [4.69, 9.17) is 11.5 Å². The Morgan fingerprint density at radius 1 is 0.769 bits per heavy atom. The second kappa shape index (κ2) is 40.2. The number of amides is 6. The normalized spacial score (nSPS) is 24.4. The van der Waals surface area contributed by atoms with E-state index in [1.165, 1.54) is 48.6 Å².